The largest absolute Gasteiger partial charge is 0.497 e. The second kappa shape index (κ2) is 15.1. The first-order valence-corrected chi connectivity index (χ1v) is 16.1. The molecule has 6 rings (SSSR count). The Morgan fingerprint density at radius 1 is 0.979 bits per heavy atom. The van der Waals surface area contributed by atoms with Crippen LogP contribution >= 0.6 is 0 Å². The normalized spacial score (nSPS) is 12.1. The molecule has 11 nitrogen and oxygen atoms in total. The van der Waals surface area contributed by atoms with Crippen molar-refractivity contribution >= 4 is 33.5 Å². The number of H-pyrrole nitrogens is 1. The van der Waals surface area contributed by atoms with Gasteiger partial charge >= 0.3 is 0 Å². The van der Waals surface area contributed by atoms with Crippen molar-refractivity contribution in [3.8, 4) is 17.1 Å². The molecule has 0 spiro atoms. The van der Waals surface area contributed by atoms with E-state index >= 15 is 0 Å². The summed E-state index contributed by atoms with van der Waals surface area (Å²) in [4.78, 5) is 19.2. The van der Waals surface area contributed by atoms with Crippen LogP contribution in [-0.4, -0.2) is 69.3 Å². The summed E-state index contributed by atoms with van der Waals surface area (Å²) in [5.74, 6) is 1.25. The van der Waals surface area contributed by atoms with E-state index in [9.17, 15) is 15.0 Å². The van der Waals surface area contributed by atoms with Gasteiger partial charge in [-0.3, -0.25) is 9.89 Å². The third-order valence-corrected chi connectivity index (χ3v) is 8.65. The van der Waals surface area contributed by atoms with Crippen LogP contribution in [0.2, 0.25) is 0 Å². The molecule has 6 aromatic rings. The Bertz CT molecular complexity index is 1960. The molecule has 2 aromatic heterocycles. The zero-order valence-corrected chi connectivity index (χ0v) is 27.0. The highest BCUT2D eigenvalue weighted by Gasteiger charge is 2.19. The lowest BCUT2D eigenvalue weighted by molar-refractivity contribution is -0.118. The first-order chi connectivity index (χ1) is 23.4. The topological polar surface area (TPSA) is 155 Å². The van der Waals surface area contributed by atoms with E-state index in [-0.39, 0.29) is 31.6 Å². The average molecular weight is 648 g/mol. The molecular formula is C37H41N7O4. The molecule has 6 N–H and O–H groups in total. The zero-order chi connectivity index (χ0) is 33.5. The van der Waals surface area contributed by atoms with E-state index in [1.807, 2.05) is 65.6 Å². The molecule has 248 valence electrons. The predicted molar refractivity (Wildman–Crippen MR) is 188 cm³/mol. The van der Waals surface area contributed by atoms with Crippen LogP contribution in [-0.2, 0) is 24.3 Å². The molecule has 48 heavy (non-hydrogen) atoms. The lowest BCUT2D eigenvalue weighted by atomic mass is 10.0. The van der Waals surface area contributed by atoms with Crippen molar-refractivity contribution in [1.29, 1.82) is 0 Å². The van der Waals surface area contributed by atoms with Gasteiger partial charge in [-0.2, -0.15) is 5.10 Å². The molecule has 4 aromatic carbocycles. The van der Waals surface area contributed by atoms with Crippen molar-refractivity contribution < 1.29 is 19.7 Å². The first kappa shape index (κ1) is 32.7. The van der Waals surface area contributed by atoms with Crippen LogP contribution in [0.5, 0.6) is 5.75 Å². The predicted octanol–water partition coefficient (Wildman–Crippen LogP) is 4.33. The number of aliphatic hydroxyl groups excluding tert-OH is 2. The number of ether oxygens (including phenoxy) is 1. The van der Waals surface area contributed by atoms with E-state index in [0.717, 1.165) is 62.3 Å². The summed E-state index contributed by atoms with van der Waals surface area (Å²) in [6.45, 7) is 2.10. The number of primary amides is 1. The molecule has 2 heterocycles. The third-order valence-electron chi connectivity index (χ3n) is 8.65. The van der Waals surface area contributed by atoms with Crippen molar-refractivity contribution in [3.05, 3.63) is 108 Å². The highest BCUT2D eigenvalue weighted by atomic mass is 16.5. The number of nitrogens with zero attached hydrogens (tertiary/aromatic N) is 4. The lowest BCUT2D eigenvalue weighted by Crippen LogP contribution is -2.29. The molecular weight excluding hydrogens is 606 g/mol. The van der Waals surface area contributed by atoms with Gasteiger partial charge in [0, 0.05) is 55.3 Å². The van der Waals surface area contributed by atoms with Gasteiger partial charge in [-0.05, 0) is 83.8 Å². The van der Waals surface area contributed by atoms with E-state index in [1.54, 1.807) is 13.3 Å². The Morgan fingerprint density at radius 3 is 2.44 bits per heavy atom. The number of aromatic nitrogens is 4. The number of aliphatic hydroxyl groups is 2. The van der Waals surface area contributed by atoms with E-state index in [0.29, 0.717) is 26.2 Å². The van der Waals surface area contributed by atoms with Gasteiger partial charge in [0.25, 0.3) is 0 Å². The van der Waals surface area contributed by atoms with Gasteiger partial charge in [-0.25, -0.2) is 4.98 Å². The maximum absolute atomic E-state index is 12.2. The number of carbonyl (C=O) groups excluding carboxylic acids is 1. The van der Waals surface area contributed by atoms with Gasteiger partial charge in [0.1, 0.15) is 11.6 Å². The number of carbonyl (C=O) groups is 1. The Balaban J connectivity index is 1.32. The summed E-state index contributed by atoms with van der Waals surface area (Å²) in [6, 6.07) is 28.1. The SMILES string of the molecule is COc1ccc(CCn2c(-c3ccc(N(CCO)CCO)cc3)nc3cc(C(CC(N)=O)NCc4ccc5[nH]ncc5c4)ccc32)cc1. The highest BCUT2D eigenvalue weighted by Crippen LogP contribution is 2.30. The van der Waals surface area contributed by atoms with Crippen LogP contribution in [0.3, 0.4) is 0 Å². The number of amides is 1. The second-order valence-corrected chi connectivity index (χ2v) is 11.8. The average Bonchev–Trinajstić information content (AvgIpc) is 3.73. The lowest BCUT2D eigenvalue weighted by Gasteiger charge is -2.23. The first-order valence-electron chi connectivity index (χ1n) is 16.1. The monoisotopic (exact) mass is 647 g/mol. The number of imidazole rings is 1. The number of nitrogens with two attached hydrogens (primary N) is 1. The van der Waals surface area contributed by atoms with E-state index in [1.165, 1.54) is 5.56 Å². The third kappa shape index (κ3) is 7.49. The van der Waals surface area contributed by atoms with E-state index in [2.05, 4.69) is 44.3 Å². The highest BCUT2D eigenvalue weighted by molar-refractivity contribution is 5.82. The van der Waals surface area contributed by atoms with Gasteiger partial charge < -0.3 is 35.5 Å². The van der Waals surface area contributed by atoms with Crippen molar-refractivity contribution in [2.45, 2.75) is 32.0 Å². The van der Waals surface area contributed by atoms with Crippen LogP contribution in [0.25, 0.3) is 33.3 Å². The number of hydrogen-bond donors (Lipinski definition) is 5. The summed E-state index contributed by atoms with van der Waals surface area (Å²) in [5, 5.41) is 30.7. The molecule has 0 radical (unpaired) electrons. The summed E-state index contributed by atoms with van der Waals surface area (Å²) in [5.41, 5.74) is 13.5. The van der Waals surface area contributed by atoms with Crippen LogP contribution in [0, 0.1) is 0 Å². The van der Waals surface area contributed by atoms with Crippen molar-refractivity contribution in [2.75, 3.05) is 38.3 Å². The second-order valence-electron chi connectivity index (χ2n) is 11.8. The maximum atomic E-state index is 12.2. The fourth-order valence-corrected chi connectivity index (χ4v) is 6.13. The van der Waals surface area contributed by atoms with Gasteiger partial charge in [0.05, 0.1) is 43.1 Å². The van der Waals surface area contributed by atoms with E-state index in [4.69, 9.17) is 15.5 Å². The maximum Gasteiger partial charge on any atom is 0.219 e. The fraction of sp³-hybridized carbons (Fsp3) is 0.270. The molecule has 0 saturated heterocycles. The molecule has 0 fully saturated rings. The number of aromatic amines is 1. The van der Waals surface area contributed by atoms with Gasteiger partial charge in [0.2, 0.25) is 5.91 Å². The number of anilines is 1. The summed E-state index contributed by atoms with van der Waals surface area (Å²) in [7, 11) is 1.66. The molecule has 1 atom stereocenters. The van der Waals surface area contributed by atoms with E-state index < -0.39 is 0 Å². The van der Waals surface area contributed by atoms with Gasteiger partial charge in [-0.1, -0.05) is 24.3 Å². The van der Waals surface area contributed by atoms with Crippen LogP contribution < -0.4 is 20.7 Å². The number of fused-ring (bicyclic) bond motifs is 2. The number of hydrogen-bond acceptors (Lipinski definition) is 8. The number of methoxy groups -OCH3 is 1. The molecule has 0 aliphatic heterocycles. The number of nitrogens with one attached hydrogen (secondary N) is 2. The minimum Gasteiger partial charge on any atom is -0.497 e. The molecule has 1 unspecified atom stereocenters. The molecule has 0 saturated carbocycles. The smallest absolute Gasteiger partial charge is 0.219 e. The zero-order valence-electron chi connectivity index (χ0n) is 27.0. The number of aryl methyl sites for hydroxylation is 2. The number of benzene rings is 4. The van der Waals surface area contributed by atoms with Gasteiger partial charge in [0.15, 0.2) is 0 Å². The van der Waals surface area contributed by atoms with Crippen molar-refractivity contribution in [2.24, 2.45) is 5.73 Å². The fourth-order valence-electron chi connectivity index (χ4n) is 6.13. The molecule has 1 amide bonds. The molecule has 0 bridgehead atoms. The minimum atomic E-state index is -0.389. The Kier molecular flexibility index (Phi) is 10.3. The number of rotatable bonds is 16. The van der Waals surface area contributed by atoms with Crippen molar-refractivity contribution in [1.82, 2.24) is 25.1 Å². The summed E-state index contributed by atoms with van der Waals surface area (Å²) < 4.78 is 7.57. The molecule has 0 aliphatic rings. The molecule has 0 aliphatic carbocycles. The Morgan fingerprint density at radius 2 is 1.73 bits per heavy atom. The Hall–Kier alpha value is -5.23. The summed E-state index contributed by atoms with van der Waals surface area (Å²) in [6.07, 6.45) is 2.73. The summed E-state index contributed by atoms with van der Waals surface area (Å²) >= 11 is 0. The standard InChI is InChI=1S/C37H41N7O4/c1-48-31-10-2-25(3-11-31)14-15-44-35-13-7-28(33(22-36(38)47)39-23-26-4-12-32-29(20-26)24-40-42-32)21-34(35)41-37(44)27-5-8-30(9-6-27)43(16-18-45)17-19-46/h2-13,20-21,24,33,39,45-46H,14-19,22-23H2,1H3,(H2,38,47)(H,40,42). The quantitative estimate of drug-likeness (QED) is 0.104. The van der Waals surface area contributed by atoms with Crippen LogP contribution in [0.15, 0.2) is 91.1 Å². The van der Waals surface area contributed by atoms with Crippen molar-refractivity contribution in [3.63, 3.8) is 0 Å². The minimum absolute atomic E-state index is 0.00351. The van der Waals surface area contributed by atoms with Crippen LogP contribution in [0.1, 0.15) is 29.2 Å². The Labute approximate surface area is 279 Å². The van der Waals surface area contributed by atoms with Crippen LogP contribution in [0.4, 0.5) is 5.69 Å². The van der Waals surface area contributed by atoms with Gasteiger partial charge in [-0.15, -0.1) is 0 Å². The molecule has 11 heteroatoms.